The summed E-state index contributed by atoms with van der Waals surface area (Å²) in [4.78, 5) is 14.0. The van der Waals surface area contributed by atoms with Crippen molar-refractivity contribution in [2.75, 3.05) is 6.61 Å². The minimum atomic E-state index is -4.46. The van der Waals surface area contributed by atoms with Crippen molar-refractivity contribution in [3.05, 3.63) is 17.5 Å². The Morgan fingerprint density at radius 3 is 2.78 bits per heavy atom. The molecule has 4 nitrogen and oxygen atoms in total. The molecular formula is C11H12F3NO3. The normalized spacial score (nSPS) is 22.5. The molecule has 7 heteroatoms. The highest BCUT2D eigenvalue weighted by molar-refractivity contribution is 5.88. The molecule has 18 heavy (non-hydrogen) atoms. The lowest BCUT2D eigenvalue weighted by molar-refractivity contribution is -0.235. The quantitative estimate of drug-likeness (QED) is 0.834. The lowest BCUT2D eigenvalue weighted by atomic mass is 10.0. The zero-order chi connectivity index (χ0) is 13.6. The summed E-state index contributed by atoms with van der Waals surface area (Å²) >= 11 is 0. The van der Waals surface area contributed by atoms with Gasteiger partial charge < -0.3 is 14.5 Å². The number of hydrogen-bond donors (Lipinski definition) is 1. The third kappa shape index (κ3) is 1.93. The van der Waals surface area contributed by atoms with Crippen molar-refractivity contribution >= 4 is 5.97 Å². The van der Waals surface area contributed by atoms with E-state index in [1.54, 1.807) is 6.92 Å². The van der Waals surface area contributed by atoms with Crippen LogP contribution in [0, 0.1) is 0 Å². The number of halogens is 3. The first-order valence-corrected chi connectivity index (χ1v) is 5.41. The number of esters is 1. The number of hydrogen-bond acceptors (Lipinski definition) is 3. The SMILES string of the molecule is CCOC(=O)c1cc2c([nH]1)CC(C)(C(F)(F)F)O2. The molecule has 1 atom stereocenters. The number of ether oxygens (including phenoxy) is 2. The first kappa shape index (κ1) is 12.8. The summed E-state index contributed by atoms with van der Waals surface area (Å²) in [6.45, 7) is 2.82. The fourth-order valence-electron chi connectivity index (χ4n) is 1.79. The van der Waals surface area contributed by atoms with E-state index in [-0.39, 0.29) is 30.2 Å². The predicted molar refractivity (Wildman–Crippen MR) is 55.5 cm³/mol. The molecular weight excluding hydrogens is 251 g/mol. The van der Waals surface area contributed by atoms with Gasteiger partial charge in [-0.1, -0.05) is 0 Å². The molecule has 0 fully saturated rings. The number of carbonyl (C=O) groups is 1. The second kappa shape index (κ2) is 3.93. The van der Waals surface area contributed by atoms with E-state index in [0.29, 0.717) is 0 Å². The third-order valence-corrected chi connectivity index (χ3v) is 2.80. The highest BCUT2D eigenvalue weighted by atomic mass is 19.4. The molecule has 0 bridgehead atoms. The summed E-state index contributed by atoms with van der Waals surface area (Å²) in [7, 11) is 0. The maximum absolute atomic E-state index is 12.7. The van der Waals surface area contributed by atoms with Gasteiger partial charge in [-0.05, 0) is 13.8 Å². The Balaban J connectivity index is 2.20. The van der Waals surface area contributed by atoms with Gasteiger partial charge in [0.15, 0.2) is 0 Å². The van der Waals surface area contributed by atoms with Crippen LogP contribution in [-0.2, 0) is 11.2 Å². The Morgan fingerprint density at radius 1 is 1.61 bits per heavy atom. The average Bonchev–Trinajstić information content (AvgIpc) is 2.72. The second-order valence-corrected chi connectivity index (χ2v) is 4.25. The van der Waals surface area contributed by atoms with Crippen molar-refractivity contribution in [2.24, 2.45) is 0 Å². The third-order valence-electron chi connectivity index (χ3n) is 2.80. The van der Waals surface area contributed by atoms with E-state index in [1.807, 2.05) is 0 Å². The van der Waals surface area contributed by atoms with Gasteiger partial charge in [-0.3, -0.25) is 0 Å². The van der Waals surface area contributed by atoms with E-state index in [4.69, 9.17) is 9.47 Å². The van der Waals surface area contributed by atoms with Gasteiger partial charge >= 0.3 is 12.1 Å². The van der Waals surface area contributed by atoms with Gasteiger partial charge in [0, 0.05) is 12.5 Å². The summed E-state index contributed by atoms with van der Waals surface area (Å²) in [6.07, 6.45) is -4.80. The standard InChI is InChI=1S/C11H12F3NO3/c1-3-17-9(16)6-4-8-7(15-6)5-10(2,18-8)11(12,13)14/h4,15H,3,5H2,1-2H3. The first-order chi connectivity index (χ1) is 8.27. The van der Waals surface area contributed by atoms with E-state index >= 15 is 0 Å². The number of aromatic amines is 1. The van der Waals surface area contributed by atoms with Crippen molar-refractivity contribution in [1.82, 2.24) is 4.98 Å². The van der Waals surface area contributed by atoms with Gasteiger partial charge in [0.25, 0.3) is 0 Å². The lowest BCUT2D eigenvalue weighted by Crippen LogP contribution is -2.46. The van der Waals surface area contributed by atoms with E-state index in [0.717, 1.165) is 6.92 Å². The number of rotatable bonds is 2. The smallest absolute Gasteiger partial charge is 0.428 e. The van der Waals surface area contributed by atoms with Gasteiger partial charge in [-0.25, -0.2) is 4.79 Å². The summed E-state index contributed by atoms with van der Waals surface area (Å²) < 4.78 is 47.9. The first-order valence-electron chi connectivity index (χ1n) is 5.41. The maximum Gasteiger partial charge on any atom is 0.428 e. The Labute approximate surface area is 101 Å². The van der Waals surface area contributed by atoms with Crippen LogP contribution < -0.4 is 4.74 Å². The number of carbonyl (C=O) groups excluding carboxylic acids is 1. The molecule has 2 rings (SSSR count). The van der Waals surface area contributed by atoms with Crippen LogP contribution in [0.3, 0.4) is 0 Å². The molecule has 0 aliphatic carbocycles. The Kier molecular flexibility index (Phi) is 2.79. The van der Waals surface area contributed by atoms with Crippen LogP contribution in [0.15, 0.2) is 6.07 Å². The Hall–Kier alpha value is -1.66. The molecule has 0 amide bonds. The minimum absolute atomic E-state index is 0.0536. The largest absolute Gasteiger partial charge is 0.476 e. The molecule has 1 N–H and O–H groups in total. The number of H-pyrrole nitrogens is 1. The predicted octanol–water partition coefficient (Wildman–Crippen LogP) is 2.45. The molecule has 1 aliphatic rings. The van der Waals surface area contributed by atoms with Gasteiger partial charge in [0.05, 0.1) is 12.3 Å². The van der Waals surface area contributed by atoms with E-state index in [2.05, 4.69) is 4.98 Å². The Bertz CT molecular complexity index is 455. The lowest BCUT2D eigenvalue weighted by Gasteiger charge is -2.26. The van der Waals surface area contributed by atoms with Gasteiger partial charge in [-0.2, -0.15) is 13.2 Å². The molecule has 0 spiro atoms. The monoisotopic (exact) mass is 263 g/mol. The van der Waals surface area contributed by atoms with Crippen LogP contribution in [0.1, 0.15) is 30.0 Å². The van der Waals surface area contributed by atoms with Crippen LogP contribution in [0.5, 0.6) is 5.75 Å². The number of alkyl halides is 3. The molecule has 1 aliphatic heterocycles. The zero-order valence-corrected chi connectivity index (χ0v) is 9.85. The highest BCUT2D eigenvalue weighted by Crippen LogP contribution is 2.44. The topological polar surface area (TPSA) is 51.3 Å². The van der Waals surface area contributed by atoms with E-state index in [9.17, 15) is 18.0 Å². The molecule has 100 valence electrons. The fourth-order valence-corrected chi connectivity index (χ4v) is 1.79. The molecule has 0 radical (unpaired) electrons. The van der Waals surface area contributed by atoms with Crippen molar-refractivity contribution in [1.29, 1.82) is 0 Å². The number of aromatic nitrogens is 1. The minimum Gasteiger partial charge on any atom is -0.476 e. The van der Waals surface area contributed by atoms with E-state index in [1.165, 1.54) is 6.07 Å². The molecule has 1 unspecified atom stereocenters. The van der Waals surface area contributed by atoms with Crippen LogP contribution in [-0.4, -0.2) is 29.3 Å². The molecule has 0 saturated carbocycles. The summed E-state index contributed by atoms with van der Waals surface area (Å²) in [6, 6.07) is 1.24. The van der Waals surface area contributed by atoms with Gasteiger partial charge in [-0.15, -0.1) is 0 Å². The molecule has 2 heterocycles. The van der Waals surface area contributed by atoms with Crippen LogP contribution in [0.4, 0.5) is 13.2 Å². The van der Waals surface area contributed by atoms with E-state index < -0.39 is 17.7 Å². The molecule has 0 saturated heterocycles. The van der Waals surface area contributed by atoms with Crippen LogP contribution >= 0.6 is 0 Å². The number of nitrogens with one attached hydrogen (secondary N) is 1. The van der Waals surface area contributed by atoms with Crippen LogP contribution in [0.25, 0.3) is 0 Å². The summed E-state index contributed by atoms with van der Waals surface area (Å²) in [5.74, 6) is -0.554. The summed E-state index contributed by atoms with van der Waals surface area (Å²) in [5, 5.41) is 0. The summed E-state index contributed by atoms with van der Waals surface area (Å²) in [5.41, 5.74) is -1.87. The van der Waals surface area contributed by atoms with Crippen molar-refractivity contribution in [2.45, 2.75) is 32.0 Å². The highest BCUT2D eigenvalue weighted by Gasteiger charge is 2.57. The average molecular weight is 263 g/mol. The Morgan fingerprint density at radius 2 is 2.28 bits per heavy atom. The fraction of sp³-hybridized carbons (Fsp3) is 0.545. The van der Waals surface area contributed by atoms with Crippen molar-refractivity contribution in [3.8, 4) is 5.75 Å². The van der Waals surface area contributed by atoms with Crippen LogP contribution in [0.2, 0.25) is 0 Å². The van der Waals surface area contributed by atoms with Crippen molar-refractivity contribution in [3.63, 3.8) is 0 Å². The van der Waals surface area contributed by atoms with Gasteiger partial charge in [0.2, 0.25) is 5.60 Å². The molecule has 1 aromatic heterocycles. The van der Waals surface area contributed by atoms with Crippen molar-refractivity contribution < 1.29 is 27.4 Å². The second-order valence-electron chi connectivity index (χ2n) is 4.25. The molecule has 1 aromatic rings. The molecule has 0 aromatic carbocycles. The zero-order valence-electron chi connectivity index (χ0n) is 9.85. The maximum atomic E-state index is 12.7. The van der Waals surface area contributed by atoms with Gasteiger partial charge in [0.1, 0.15) is 11.4 Å². The number of fused-ring (bicyclic) bond motifs is 1.